The zero-order chi connectivity index (χ0) is 13.0. The molecule has 0 aliphatic rings. The Morgan fingerprint density at radius 1 is 1.44 bits per heavy atom. The molecule has 98 valence electrons. The largest absolute Gasteiger partial charge is 0.374 e. The molecule has 0 spiro atoms. The summed E-state index contributed by atoms with van der Waals surface area (Å²) in [5.41, 5.74) is 3.36. The highest BCUT2D eigenvalue weighted by molar-refractivity contribution is 5.78. The number of hydrogen-bond donors (Lipinski definition) is 2. The molecular weight excluding hydrogens is 224 g/mol. The summed E-state index contributed by atoms with van der Waals surface area (Å²) in [6, 6.07) is 6.36. The SMILES string of the molecule is CCC(CNC)CN(C)c1ccc2nc[nH]c2c1. The first-order chi connectivity index (χ1) is 8.74. The Kier molecular flexibility index (Phi) is 4.20. The predicted molar refractivity (Wildman–Crippen MR) is 77.1 cm³/mol. The smallest absolute Gasteiger partial charge is 0.0931 e. The molecule has 0 aliphatic heterocycles. The van der Waals surface area contributed by atoms with E-state index in [0.717, 1.165) is 24.1 Å². The summed E-state index contributed by atoms with van der Waals surface area (Å²) in [6.07, 6.45) is 2.93. The van der Waals surface area contributed by atoms with Crippen LogP contribution in [0, 0.1) is 5.92 Å². The average molecular weight is 246 g/mol. The molecule has 0 aliphatic carbocycles. The molecule has 0 saturated carbocycles. The number of fused-ring (bicyclic) bond motifs is 1. The molecule has 0 amide bonds. The van der Waals surface area contributed by atoms with Crippen molar-refractivity contribution in [3.05, 3.63) is 24.5 Å². The number of nitrogens with one attached hydrogen (secondary N) is 2. The van der Waals surface area contributed by atoms with Gasteiger partial charge in [-0.05, 0) is 37.7 Å². The fraction of sp³-hybridized carbons (Fsp3) is 0.500. The van der Waals surface area contributed by atoms with Crippen LogP contribution in [0.1, 0.15) is 13.3 Å². The zero-order valence-corrected chi connectivity index (χ0v) is 11.4. The van der Waals surface area contributed by atoms with Crippen LogP contribution in [0.4, 0.5) is 5.69 Å². The summed E-state index contributed by atoms with van der Waals surface area (Å²) in [6.45, 7) is 4.37. The maximum Gasteiger partial charge on any atom is 0.0931 e. The second-order valence-corrected chi connectivity index (χ2v) is 4.82. The highest BCUT2D eigenvalue weighted by Crippen LogP contribution is 2.20. The Morgan fingerprint density at radius 2 is 2.28 bits per heavy atom. The number of benzene rings is 1. The maximum atomic E-state index is 4.24. The average Bonchev–Trinajstić information content (AvgIpc) is 2.85. The van der Waals surface area contributed by atoms with Gasteiger partial charge in [0.25, 0.3) is 0 Å². The maximum absolute atomic E-state index is 4.24. The van der Waals surface area contributed by atoms with E-state index in [-0.39, 0.29) is 0 Å². The molecule has 2 rings (SSSR count). The van der Waals surface area contributed by atoms with Crippen LogP contribution in [-0.2, 0) is 0 Å². The Morgan fingerprint density at radius 3 is 3.00 bits per heavy atom. The Hall–Kier alpha value is -1.55. The van der Waals surface area contributed by atoms with Crippen molar-refractivity contribution in [1.29, 1.82) is 0 Å². The van der Waals surface area contributed by atoms with Crippen molar-refractivity contribution >= 4 is 16.7 Å². The zero-order valence-electron chi connectivity index (χ0n) is 11.4. The van der Waals surface area contributed by atoms with Gasteiger partial charge >= 0.3 is 0 Å². The number of anilines is 1. The Balaban J connectivity index is 2.09. The van der Waals surface area contributed by atoms with E-state index < -0.39 is 0 Å². The molecule has 4 heteroatoms. The first-order valence-electron chi connectivity index (χ1n) is 6.53. The van der Waals surface area contributed by atoms with Crippen molar-refractivity contribution in [3.8, 4) is 0 Å². The fourth-order valence-corrected chi connectivity index (χ4v) is 2.28. The molecule has 1 atom stereocenters. The van der Waals surface area contributed by atoms with Crippen LogP contribution in [0.15, 0.2) is 24.5 Å². The third kappa shape index (κ3) is 2.82. The number of aromatic amines is 1. The minimum absolute atomic E-state index is 0.678. The van der Waals surface area contributed by atoms with Gasteiger partial charge in [-0.15, -0.1) is 0 Å². The molecule has 1 unspecified atom stereocenters. The molecule has 2 N–H and O–H groups in total. The van der Waals surface area contributed by atoms with E-state index in [1.807, 2.05) is 7.05 Å². The lowest BCUT2D eigenvalue weighted by Gasteiger charge is -2.25. The molecule has 1 aromatic heterocycles. The molecule has 0 fully saturated rings. The van der Waals surface area contributed by atoms with Crippen molar-refractivity contribution in [2.24, 2.45) is 5.92 Å². The van der Waals surface area contributed by atoms with Crippen LogP contribution in [0.25, 0.3) is 11.0 Å². The van der Waals surface area contributed by atoms with Crippen LogP contribution in [0.2, 0.25) is 0 Å². The van der Waals surface area contributed by atoms with Crippen molar-refractivity contribution in [2.45, 2.75) is 13.3 Å². The van der Waals surface area contributed by atoms with Crippen molar-refractivity contribution in [2.75, 3.05) is 32.1 Å². The highest BCUT2D eigenvalue weighted by atomic mass is 15.1. The van der Waals surface area contributed by atoms with Crippen LogP contribution in [-0.4, -0.2) is 37.2 Å². The van der Waals surface area contributed by atoms with E-state index in [1.54, 1.807) is 6.33 Å². The molecule has 4 nitrogen and oxygen atoms in total. The Bertz CT molecular complexity index is 491. The van der Waals surface area contributed by atoms with Gasteiger partial charge in [-0.3, -0.25) is 0 Å². The minimum Gasteiger partial charge on any atom is -0.374 e. The minimum atomic E-state index is 0.678. The summed E-state index contributed by atoms with van der Waals surface area (Å²) < 4.78 is 0. The lowest BCUT2D eigenvalue weighted by Crippen LogP contribution is -2.30. The van der Waals surface area contributed by atoms with Crippen molar-refractivity contribution < 1.29 is 0 Å². The van der Waals surface area contributed by atoms with E-state index in [1.165, 1.54) is 12.1 Å². The van der Waals surface area contributed by atoms with Gasteiger partial charge in [-0.1, -0.05) is 13.3 Å². The van der Waals surface area contributed by atoms with Gasteiger partial charge in [0, 0.05) is 19.3 Å². The molecule has 0 bridgehead atoms. The number of H-pyrrole nitrogens is 1. The standard InChI is InChI=1S/C14H22N4/c1-4-11(8-15-2)9-18(3)12-5-6-13-14(7-12)17-10-16-13/h5-7,10-11,15H,4,8-9H2,1-3H3,(H,16,17). The van der Waals surface area contributed by atoms with Gasteiger partial charge in [0.15, 0.2) is 0 Å². The van der Waals surface area contributed by atoms with Crippen LogP contribution >= 0.6 is 0 Å². The molecule has 0 radical (unpaired) electrons. The molecule has 0 saturated heterocycles. The highest BCUT2D eigenvalue weighted by Gasteiger charge is 2.10. The molecule has 18 heavy (non-hydrogen) atoms. The lowest BCUT2D eigenvalue weighted by molar-refractivity contribution is 0.485. The van der Waals surface area contributed by atoms with Crippen LogP contribution in [0.5, 0.6) is 0 Å². The van der Waals surface area contributed by atoms with E-state index in [9.17, 15) is 0 Å². The van der Waals surface area contributed by atoms with Crippen molar-refractivity contribution in [3.63, 3.8) is 0 Å². The third-order valence-corrected chi connectivity index (χ3v) is 3.45. The summed E-state index contributed by atoms with van der Waals surface area (Å²) in [5.74, 6) is 0.678. The first-order valence-corrected chi connectivity index (χ1v) is 6.53. The summed E-state index contributed by atoms with van der Waals surface area (Å²) in [4.78, 5) is 9.71. The van der Waals surface area contributed by atoms with Crippen LogP contribution in [0.3, 0.4) is 0 Å². The number of hydrogen-bond acceptors (Lipinski definition) is 3. The second-order valence-electron chi connectivity index (χ2n) is 4.82. The van der Waals surface area contributed by atoms with E-state index in [0.29, 0.717) is 5.92 Å². The van der Waals surface area contributed by atoms with E-state index in [2.05, 4.69) is 52.4 Å². The number of imidazole rings is 1. The molecule has 1 aromatic carbocycles. The summed E-state index contributed by atoms with van der Waals surface area (Å²) >= 11 is 0. The molecule has 2 aromatic rings. The van der Waals surface area contributed by atoms with Gasteiger partial charge in [0.2, 0.25) is 0 Å². The van der Waals surface area contributed by atoms with Crippen LogP contribution < -0.4 is 10.2 Å². The number of rotatable bonds is 6. The fourth-order valence-electron chi connectivity index (χ4n) is 2.28. The quantitative estimate of drug-likeness (QED) is 0.821. The normalized spacial score (nSPS) is 12.8. The first kappa shape index (κ1) is 12.9. The second kappa shape index (κ2) is 5.87. The van der Waals surface area contributed by atoms with Gasteiger partial charge in [-0.25, -0.2) is 4.98 Å². The van der Waals surface area contributed by atoms with Gasteiger partial charge in [-0.2, -0.15) is 0 Å². The van der Waals surface area contributed by atoms with Gasteiger partial charge < -0.3 is 15.2 Å². The topological polar surface area (TPSA) is 44.0 Å². The summed E-state index contributed by atoms with van der Waals surface area (Å²) in [5, 5.41) is 3.26. The number of aromatic nitrogens is 2. The number of nitrogens with zero attached hydrogens (tertiary/aromatic N) is 2. The van der Waals surface area contributed by atoms with E-state index in [4.69, 9.17) is 0 Å². The van der Waals surface area contributed by atoms with Crippen molar-refractivity contribution in [1.82, 2.24) is 15.3 Å². The lowest BCUT2D eigenvalue weighted by atomic mass is 10.1. The monoisotopic (exact) mass is 246 g/mol. The molecular formula is C14H22N4. The van der Waals surface area contributed by atoms with E-state index >= 15 is 0 Å². The van der Waals surface area contributed by atoms with Gasteiger partial charge in [0.1, 0.15) is 0 Å². The summed E-state index contributed by atoms with van der Waals surface area (Å²) in [7, 11) is 4.16. The molecule has 1 heterocycles. The Labute approximate surface area is 108 Å². The van der Waals surface area contributed by atoms with Gasteiger partial charge in [0.05, 0.1) is 17.4 Å². The predicted octanol–water partition coefficient (Wildman–Crippen LogP) is 2.24. The third-order valence-electron chi connectivity index (χ3n) is 3.45.